The van der Waals surface area contributed by atoms with Gasteiger partial charge < -0.3 is 5.11 Å². The van der Waals surface area contributed by atoms with Gasteiger partial charge >= 0.3 is 5.91 Å². The number of thiazole rings is 1. The van der Waals surface area contributed by atoms with Gasteiger partial charge in [0.2, 0.25) is 0 Å². The highest BCUT2D eigenvalue weighted by Crippen LogP contribution is 2.42. The summed E-state index contributed by atoms with van der Waals surface area (Å²) in [6.45, 7) is 0. The van der Waals surface area contributed by atoms with Crippen molar-refractivity contribution in [3.05, 3.63) is 91.9 Å². The van der Waals surface area contributed by atoms with E-state index in [0.717, 1.165) is 0 Å². The number of non-ortho nitro benzene ring substituents is 1. The lowest BCUT2D eigenvalue weighted by Gasteiger charge is -2.23. The highest BCUT2D eigenvalue weighted by molar-refractivity contribution is 7.14. The molecule has 0 aliphatic carbocycles. The largest absolute Gasteiger partial charge is 0.507 e. The van der Waals surface area contributed by atoms with E-state index in [9.17, 15) is 24.8 Å². The molecule has 0 spiro atoms. The van der Waals surface area contributed by atoms with Crippen LogP contribution in [-0.4, -0.2) is 26.7 Å². The Morgan fingerprint density at radius 1 is 1.13 bits per heavy atom. The number of anilines is 1. The van der Waals surface area contributed by atoms with Crippen LogP contribution in [0, 0.1) is 10.1 Å². The second-order valence-corrected chi connectivity index (χ2v) is 7.65. The highest BCUT2D eigenvalue weighted by atomic mass is 35.5. The molecule has 1 N–H and O–H groups in total. The summed E-state index contributed by atoms with van der Waals surface area (Å²) in [5.41, 5.74) is 0.435. The maximum Gasteiger partial charge on any atom is 0.301 e. The summed E-state index contributed by atoms with van der Waals surface area (Å²) in [5.74, 6) is -2.13. The van der Waals surface area contributed by atoms with Crippen molar-refractivity contribution in [1.29, 1.82) is 0 Å². The van der Waals surface area contributed by atoms with Gasteiger partial charge in [-0.25, -0.2) is 4.98 Å². The van der Waals surface area contributed by atoms with Gasteiger partial charge in [-0.05, 0) is 29.8 Å². The van der Waals surface area contributed by atoms with Crippen molar-refractivity contribution in [2.45, 2.75) is 6.04 Å². The number of nitrogens with zero attached hydrogens (tertiary/aromatic N) is 3. The SMILES string of the molecule is O=C1C(=O)N(c2nccs2)[C@H](c2ccc(Cl)cc2)C1=C(O)c1ccc([N+](=O)[O-])cc1. The van der Waals surface area contributed by atoms with Crippen LogP contribution in [0.25, 0.3) is 5.76 Å². The number of amides is 1. The molecule has 0 unspecified atom stereocenters. The lowest BCUT2D eigenvalue weighted by molar-refractivity contribution is -0.384. The molecule has 1 aliphatic rings. The lowest BCUT2D eigenvalue weighted by Crippen LogP contribution is -2.29. The number of hydrogen-bond acceptors (Lipinski definition) is 7. The Labute approximate surface area is 178 Å². The molecule has 0 radical (unpaired) electrons. The normalized spacial score (nSPS) is 18.0. The van der Waals surface area contributed by atoms with Crippen LogP contribution in [-0.2, 0) is 9.59 Å². The molecule has 0 saturated carbocycles. The monoisotopic (exact) mass is 441 g/mol. The Kier molecular flexibility index (Phi) is 5.06. The Hall–Kier alpha value is -3.56. The van der Waals surface area contributed by atoms with Gasteiger partial charge in [-0.15, -0.1) is 11.3 Å². The maximum absolute atomic E-state index is 12.9. The Morgan fingerprint density at radius 2 is 1.80 bits per heavy atom. The van der Waals surface area contributed by atoms with Crippen LogP contribution < -0.4 is 4.90 Å². The first-order chi connectivity index (χ1) is 14.4. The fraction of sp³-hybridized carbons (Fsp3) is 0.0500. The Balaban J connectivity index is 1.90. The molecule has 8 nitrogen and oxygen atoms in total. The average molecular weight is 442 g/mol. The van der Waals surface area contributed by atoms with Gasteiger partial charge in [0.1, 0.15) is 5.76 Å². The topological polar surface area (TPSA) is 114 Å². The Bertz CT molecular complexity index is 1170. The van der Waals surface area contributed by atoms with Gasteiger partial charge in [0.15, 0.2) is 5.13 Å². The minimum Gasteiger partial charge on any atom is -0.507 e. The molecular weight excluding hydrogens is 430 g/mol. The quantitative estimate of drug-likeness (QED) is 0.212. The molecule has 1 amide bonds. The predicted octanol–water partition coefficient (Wildman–Crippen LogP) is 4.33. The predicted molar refractivity (Wildman–Crippen MR) is 111 cm³/mol. The van der Waals surface area contributed by atoms with Crippen molar-refractivity contribution >= 4 is 51.2 Å². The van der Waals surface area contributed by atoms with Gasteiger partial charge in [0.25, 0.3) is 11.5 Å². The van der Waals surface area contributed by atoms with Gasteiger partial charge in [0.05, 0.1) is 16.5 Å². The molecule has 10 heteroatoms. The first-order valence-electron chi connectivity index (χ1n) is 8.59. The minimum absolute atomic E-state index is 0.133. The van der Waals surface area contributed by atoms with E-state index in [1.54, 1.807) is 29.6 Å². The number of aromatic nitrogens is 1. The standard InChI is InChI=1S/C20H12ClN3O5S/c21-13-5-1-11(2-6-13)16-15(17(25)12-3-7-14(8-4-12)24(28)29)18(26)19(27)23(16)20-22-9-10-30-20/h1-10,16,25H/t16-/m1/s1. The molecule has 4 rings (SSSR count). The minimum atomic E-state index is -0.927. The zero-order valence-electron chi connectivity index (χ0n) is 15.1. The molecule has 30 heavy (non-hydrogen) atoms. The van der Waals surface area contributed by atoms with Crippen LogP contribution in [0.5, 0.6) is 0 Å². The molecule has 1 aromatic heterocycles. The fourth-order valence-electron chi connectivity index (χ4n) is 3.22. The zero-order valence-corrected chi connectivity index (χ0v) is 16.6. The van der Waals surface area contributed by atoms with Gasteiger partial charge in [-0.2, -0.15) is 0 Å². The van der Waals surface area contributed by atoms with E-state index in [0.29, 0.717) is 15.7 Å². The number of Topliss-reactive ketones (excluding diaryl/α,β-unsaturated/α-hetero) is 1. The number of aliphatic hydroxyl groups is 1. The van der Waals surface area contributed by atoms with Crippen molar-refractivity contribution in [2.24, 2.45) is 0 Å². The average Bonchev–Trinajstić information content (AvgIpc) is 3.35. The molecule has 0 bridgehead atoms. The van der Waals surface area contributed by atoms with Crippen LogP contribution in [0.1, 0.15) is 17.2 Å². The van der Waals surface area contributed by atoms with E-state index < -0.39 is 28.4 Å². The molecule has 2 heterocycles. The first kappa shape index (κ1) is 19.7. The summed E-state index contributed by atoms with van der Waals surface area (Å²) in [6, 6.07) is 10.7. The molecule has 1 aliphatic heterocycles. The molecule has 2 aromatic carbocycles. The number of hydrogen-bond donors (Lipinski definition) is 1. The lowest BCUT2D eigenvalue weighted by atomic mass is 9.95. The van der Waals surface area contributed by atoms with Gasteiger partial charge in [0, 0.05) is 34.3 Å². The highest BCUT2D eigenvalue weighted by Gasteiger charge is 2.47. The van der Waals surface area contributed by atoms with Crippen molar-refractivity contribution < 1.29 is 19.6 Å². The Morgan fingerprint density at radius 3 is 2.37 bits per heavy atom. The van der Waals surface area contributed by atoms with E-state index >= 15 is 0 Å². The number of halogens is 1. The van der Waals surface area contributed by atoms with Crippen LogP contribution >= 0.6 is 22.9 Å². The number of nitro groups is 1. The van der Waals surface area contributed by atoms with Gasteiger partial charge in [-0.3, -0.25) is 24.6 Å². The zero-order chi connectivity index (χ0) is 21.4. The summed E-state index contributed by atoms with van der Waals surface area (Å²) >= 11 is 7.15. The fourth-order valence-corrected chi connectivity index (χ4v) is 4.01. The second kappa shape index (κ2) is 7.69. The number of ketones is 1. The van der Waals surface area contributed by atoms with Crippen LogP contribution in [0.4, 0.5) is 10.8 Å². The van der Waals surface area contributed by atoms with E-state index in [1.165, 1.54) is 46.7 Å². The van der Waals surface area contributed by atoms with Crippen LogP contribution in [0.3, 0.4) is 0 Å². The summed E-state index contributed by atoms with van der Waals surface area (Å²) in [6.07, 6.45) is 1.51. The second-order valence-electron chi connectivity index (χ2n) is 6.34. The number of carbonyl (C=O) groups excluding carboxylic acids is 2. The number of carbonyl (C=O) groups is 2. The summed E-state index contributed by atoms with van der Waals surface area (Å²) in [4.78, 5) is 41.4. The van der Waals surface area contributed by atoms with Crippen molar-refractivity contribution in [1.82, 2.24) is 4.98 Å². The van der Waals surface area contributed by atoms with E-state index in [4.69, 9.17) is 11.6 Å². The first-order valence-corrected chi connectivity index (χ1v) is 9.85. The van der Waals surface area contributed by atoms with Crippen molar-refractivity contribution in [3.8, 4) is 0 Å². The number of rotatable bonds is 4. The molecule has 3 aromatic rings. The van der Waals surface area contributed by atoms with Gasteiger partial charge in [-0.1, -0.05) is 23.7 Å². The van der Waals surface area contributed by atoms with E-state index in [2.05, 4.69) is 4.98 Å². The molecule has 150 valence electrons. The van der Waals surface area contributed by atoms with Crippen LogP contribution in [0.15, 0.2) is 65.7 Å². The summed E-state index contributed by atoms with van der Waals surface area (Å²) in [7, 11) is 0. The molecule has 1 saturated heterocycles. The van der Waals surface area contributed by atoms with E-state index in [-0.39, 0.29) is 16.8 Å². The van der Waals surface area contributed by atoms with Crippen LogP contribution in [0.2, 0.25) is 5.02 Å². The third-order valence-electron chi connectivity index (χ3n) is 4.61. The maximum atomic E-state index is 12.9. The third-order valence-corrected chi connectivity index (χ3v) is 5.63. The number of nitro benzene ring substituents is 1. The van der Waals surface area contributed by atoms with E-state index in [1.807, 2.05) is 0 Å². The smallest absolute Gasteiger partial charge is 0.301 e. The van der Waals surface area contributed by atoms with Crippen molar-refractivity contribution in [2.75, 3.05) is 4.90 Å². The molecular formula is C20H12ClN3O5S. The molecule has 1 atom stereocenters. The molecule has 1 fully saturated rings. The third kappa shape index (κ3) is 3.34. The number of benzene rings is 2. The summed E-state index contributed by atoms with van der Waals surface area (Å²) in [5, 5.41) is 24.2. The number of aliphatic hydroxyl groups excluding tert-OH is 1. The summed E-state index contributed by atoms with van der Waals surface area (Å²) < 4.78 is 0. The van der Waals surface area contributed by atoms with Crippen molar-refractivity contribution in [3.63, 3.8) is 0 Å².